The van der Waals surface area contributed by atoms with Crippen molar-refractivity contribution in [2.24, 2.45) is 17.8 Å². The summed E-state index contributed by atoms with van der Waals surface area (Å²) < 4.78 is 86.0. The second-order valence-electron chi connectivity index (χ2n) is 6.96. The molecule has 1 aliphatic heterocycles. The van der Waals surface area contributed by atoms with Crippen LogP contribution in [0.1, 0.15) is 20.3 Å². The second-order valence-corrected chi connectivity index (χ2v) is 6.96. The average molecular weight is 342 g/mol. The van der Waals surface area contributed by atoms with Gasteiger partial charge in [-0.05, 0) is 26.2 Å². The van der Waals surface area contributed by atoms with Crippen LogP contribution in [0.25, 0.3) is 0 Å². The molecule has 3 rings (SSSR count). The molecule has 0 aromatic rings. The van der Waals surface area contributed by atoms with E-state index in [0.717, 1.165) is 7.11 Å². The van der Waals surface area contributed by atoms with Gasteiger partial charge in [0.1, 0.15) is 5.60 Å². The summed E-state index contributed by atoms with van der Waals surface area (Å²) in [4.78, 5) is 0. The molecule has 3 nitrogen and oxygen atoms in total. The lowest BCUT2D eigenvalue weighted by molar-refractivity contribution is -0.513. The molecule has 2 bridgehead atoms. The lowest BCUT2D eigenvalue weighted by atomic mass is 9.63. The van der Waals surface area contributed by atoms with Crippen LogP contribution in [-0.4, -0.2) is 43.3 Å². The smallest absolute Gasteiger partial charge is 0.371 e. The molecule has 2 aliphatic carbocycles. The molecule has 1 saturated carbocycles. The molecule has 0 aromatic heterocycles. The molecule has 132 valence electrons. The predicted octanol–water partition coefficient (Wildman–Crippen LogP) is 3.54. The van der Waals surface area contributed by atoms with E-state index in [1.807, 2.05) is 0 Å². The first-order chi connectivity index (χ1) is 10.4. The first kappa shape index (κ1) is 17.1. The van der Waals surface area contributed by atoms with E-state index in [4.69, 9.17) is 9.47 Å². The number of hydrogen-bond acceptors (Lipinski definition) is 3. The molecule has 8 heteroatoms. The number of ether oxygens (including phenoxy) is 3. The Labute approximate surface area is 130 Å². The highest BCUT2D eigenvalue weighted by Gasteiger charge is 2.89. The van der Waals surface area contributed by atoms with Crippen molar-refractivity contribution in [3.8, 4) is 0 Å². The SMILES string of the molecule is COC12C3C=CC(C3)C1C(C)(C)OC(OC)(C(F)(F)F)C2(F)F. The third-order valence-electron chi connectivity index (χ3n) is 5.62. The van der Waals surface area contributed by atoms with E-state index in [1.165, 1.54) is 19.9 Å². The van der Waals surface area contributed by atoms with E-state index in [9.17, 15) is 13.2 Å². The monoisotopic (exact) mass is 342 g/mol. The molecular weight excluding hydrogens is 323 g/mol. The Morgan fingerprint density at radius 1 is 1.09 bits per heavy atom. The third kappa shape index (κ3) is 1.65. The van der Waals surface area contributed by atoms with Gasteiger partial charge in [-0.1, -0.05) is 12.2 Å². The van der Waals surface area contributed by atoms with E-state index < -0.39 is 40.9 Å². The van der Waals surface area contributed by atoms with Gasteiger partial charge in [0.15, 0.2) is 0 Å². The van der Waals surface area contributed by atoms with Crippen molar-refractivity contribution in [1.29, 1.82) is 0 Å². The number of allylic oxidation sites excluding steroid dienone is 1. The zero-order chi connectivity index (χ0) is 17.5. The summed E-state index contributed by atoms with van der Waals surface area (Å²) in [6, 6.07) is 0. The number of alkyl halides is 5. The summed E-state index contributed by atoms with van der Waals surface area (Å²) in [5.41, 5.74) is -3.83. The van der Waals surface area contributed by atoms with Gasteiger partial charge >= 0.3 is 17.9 Å². The van der Waals surface area contributed by atoms with Crippen LogP contribution in [0.5, 0.6) is 0 Å². The first-order valence-electron chi connectivity index (χ1n) is 7.34. The average Bonchev–Trinajstić information content (AvgIpc) is 3.01. The van der Waals surface area contributed by atoms with E-state index >= 15 is 8.78 Å². The molecule has 5 unspecified atom stereocenters. The van der Waals surface area contributed by atoms with Crippen LogP contribution in [0, 0.1) is 17.8 Å². The van der Waals surface area contributed by atoms with Crippen LogP contribution in [0.2, 0.25) is 0 Å². The molecule has 0 N–H and O–H groups in total. The van der Waals surface area contributed by atoms with E-state index in [0.29, 0.717) is 13.5 Å². The lowest BCUT2D eigenvalue weighted by Crippen LogP contribution is -2.81. The van der Waals surface area contributed by atoms with Gasteiger partial charge in [0.25, 0.3) is 0 Å². The number of hydrogen-bond donors (Lipinski definition) is 0. The largest absolute Gasteiger partial charge is 0.450 e. The van der Waals surface area contributed by atoms with Gasteiger partial charge in [-0.15, -0.1) is 0 Å². The van der Waals surface area contributed by atoms with Crippen molar-refractivity contribution in [2.75, 3.05) is 14.2 Å². The molecule has 5 atom stereocenters. The number of halogens is 5. The fourth-order valence-corrected chi connectivity index (χ4v) is 4.98. The molecule has 1 heterocycles. The molecule has 23 heavy (non-hydrogen) atoms. The molecule has 1 saturated heterocycles. The number of methoxy groups -OCH3 is 2. The Balaban J connectivity index is 2.29. The third-order valence-corrected chi connectivity index (χ3v) is 5.62. The van der Waals surface area contributed by atoms with Gasteiger partial charge in [-0.25, -0.2) is 0 Å². The van der Waals surface area contributed by atoms with Crippen LogP contribution >= 0.6 is 0 Å². The predicted molar refractivity (Wildman–Crippen MR) is 69.9 cm³/mol. The zero-order valence-electron chi connectivity index (χ0n) is 13.2. The van der Waals surface area contributed by atoms with Gasteiger partial charge in [0.05, 0.1) is 5.60 Å². The molecule has 0 spiro atoms. The lowest BCUT2D eigenvalue weighted by Gasteiger charge is -2.61. The summed E-state index contributed by atoms with van der Waals surface area (Å²) in [6.45, 7) is 2.77. The van der Waals surface area contributed by atoms with Gasteiger partial charge in [0.2, 0.25) is 0 Å². The Hall–Kier alpha value is -0.730. The van der Waals surface area contributed by atoms with Crippen LogP contribution in [0.3, 0.4) is 0 Å². The van der Waals surface area contributed by atoms with Crippen molar-refractivity contribution in [3.05, 3.63) is 12.2 Å². The van der Waals surface area contributed by atoms with Crippen molar-refractivity contribution < 1.29 is 36.2 Å². The summed E-state index contributed by atoms with van der Waals surface area (Å²) in [5.74, 6) is -10.5. The van der Waals surface area contributed by atoms with E-state index in [-0.39, 0.29) is 5.92 Å². The highest BCUT2D eigenvalue weighted by molar-refractivity contribution is 5.31. The van der Waals surface area contributed by atoms with Gasteiger partial charge < -0.3 is 14.2 Å². The number of rotatable bonds is 2. The molecule has 0 amide bonds. The molecule has 2 fully saturated rings. The quantitative estimate of drug-likeness (QED) is 0.567. The topological polar surface area (TPSA) is 27.7 Å². The molecule has 3 aliphatic rings. The van der Waals surface area contributed by atoms with Crippen molar-refractivity contribution in [2.45, 2.75) is 49.4 Å². The highest BCUT2D eigenvalue weighted by Crippen LogP contribution is 2.70. The van der Waals surface area contributed by atoms with Crippen LogP contribution in [0.4, 0.5) is 22.0 Å². The van der Waals surface area contributed by atoms with Gasteiger partial charge in [-0.2, -0.15) is 22.0 Å². The standard InChI is InChI=1S/C15H19F5O3/c1-11(2)10-8-5-6-9(7-8)12(10,21-3)13(16,17)14(22-4,23-11)15(18,19)20/h5-6,8-10H,7H2,1-4H3. The molecular formula is C15H19F5O3. The maximum atomic E-state index is 15.3. The molecule has 0 radical (unpaired) electrons. The Kier molecular flexibility index (Phi) is 3.32. The van der Waals surface area contributed by atoms with Crippen LogP contribution < -0.4 is 0 Å². The van der Waals surface area contributed by atoms with Gasteiger partial charge in [-0.3, -0.25) is 0 Å². The minimum Gasteiger partial charge on any atom is -0.371 e. The summed E-state index contributed by atoms with van der Waals surface area (Å²) >= 11 is 0. The zero-order valence-corrected chi connectivity index (χ0v) is 13.2. The number of fused-ring (bicyclic) bond motifs is 5. The first-order valence-corrected chi connectivity index (χ1v) is 7.34. The summed E-state index contributed by atoms with van der Waals surface area (Å²) in [5, 5.41) is 0. The van der Waals surface area contributed by atoms with Crippen LogP contribution in [0.15, 0.2) is 12.2 Å². The van der Waals surface area contributed by atoms with Crippen LogP contribution in [-0.2, 0) is 14.2 Å². The Bertz CT molecular complexity index is 544. The van der Waals surface area contributed by atoms with E-state index in [2.05, 4.69) is 4.74 Å². The fourth-order valence-electron chi connectivity index (χ4n) is 4.98. The summed E-state index contributed by atoms with van der Waals surface area (Å²) in [7, 11) is 1.62. The van der Waals surface area contributed by atoms with Crippen molar-refractivity contribution in [1.82, 2.24) is 0 Å². The van der Waals surface area contributed by atoms with E-state index in [1.54, 1.807) is 6.08 Å². The summed E-state index contributed by atoms with van der Waals surface area (Å²) in [6.07, 6.45) is -1.82. The van der Waals surface area contributed by atoms with Crippen molar-refractivity contribution >= 4 is 0 Å². The fraction of sp³-hybridized carbons (Fsp3) is 0.867. The van der Waals surface area contributed by atoms with Crippen molar-refractivity contribution in [3.63, 3.8) is 0 Å². The second kappa shape index (κ2) is 4.46. The maximum absolute atomic E-state index is 15.3. The Morgan fingerprint density at radius 3 is 2.17 bits per heavy atom. The minimum absolute atomic E-state index is 0.316. The van der Waals surface area contributed by atoms with Gasteiger partial charge in [0, 0.05) is 26.1 Å². The minimum atomic E-state index is -5.43. The maximum Gasteiger partial charge on any atom is 0.450 e. The highest BCUT2D eigenvalue weighted by atomic mass is 19.4. The Morgan fingerprint density at radius 2 is 1.70 bits per heavy atom. The normalized spacial score (nSPS) is 46.9. The molecule has 0 aromatic carbocycles.